The van der Waals surface area contributed by atoms with Crippen LogP contribution in [0, 0.1) is 5.82 Å². The molecule has 0 heterocycles. The fourth-order valence-corrected chi connectivity index (χ4v) is 1.38. The van der Waals surface area contributed by atoms with Crippen LogP contribution in [0.1, 0.15) is 10.4 Å². The highest BCUT2D eigenvalue weighted by molar-refractivity contribution is 5.91. The van der Waals surface area contributed by atoms with Gasteiger partial charge in [0.05, 0.1) is 28.4 Å². The van der Waals surface area contributed by atoms with Gasteiger partial charge >= 0.3 is 5.97 Å². The Morgan fingerprint density at radius 2 is 1.65 bits per heavy atom. The number of carbonyl (C=O) groups is 1. The highest BCUT2D eigenvalue weighted by Gasteiger charge is 2.24. The van der Waals surface area contributed by atoms with Crippen molar-refractivity contribution in [3.8, 4) is 17.2 Å². The Labute approximate surface area is 98.0 Å². The summed E-state index contributed by atoms with van der Waals surface area (Å²) in [5, 5.41) is 0. The number of halogens is 1. The van der Waals surface area contributed by atoms with Crippen LogP contribution in [0.25, 0.3) is 0 Å². The minimum Gasteiger partial charge on any atom is -0.493 e. The van der Waals surface area contributed by atoms with E-state index in [1.54, 1.807) is 0 Å². The second-order valence-electron chi connectivity index (χ2n) is 3.00. The predicted octanol–water partition coefficient (Wildman–Crippen LogP) is 1.64. The largest absolute Gasteiger partial charge is 0.493 e. The van der Waals surface area contributed by atoms with Crippen LogP contribution in [0.3, 0.4) is 0 Å². The van der Waals surface area contributed by atoms with Crippen molar-refractivity contribution in [2.24, 2.45) is 0 Å². The summed E-state index contributed by atoms with van der Waals surface area (Å²) in [6.45, 7) is 0. The minimum atomic E-state index is -0.850. The summed E-state index contributed by atoms with van der Waals surface area (Å²) in [4.78, 5) is 11.4. The third-order valence-electron chi connectivity index (χ3n) is 2.17. The summed E-state index contributed by atoms with van der Waals surface area (Å²) in [6.07, 6.45) is 0. The van der Waals surface area contributed by atoms with E-state index in [0.29, 0.717) is 0 Å². The molecule has 0 aliphatic rings. The Morgan fingerprint density at radius 1 is 1.06 bits per heavy atom. The van der Waals surface area contributed by atoms with Crippen molar-refractivity contribution in [3.05, 3.63) is 17.4 Å². The summed E-state index contributed by atoms with van der Waals surface area (Å²) >= 11 is 0. The lowest BCUT2D eigenvalue weighted by Gasteiger charge is -2.14. The molecule has 0 fully saturated rings. The maximum atomic E-state index is 13.9. The lowest BCUT2D eigenvalue weighted by molar-refractivity contribution is 0.0594. The molecule has 0 saturated heterocycles. The fraction of sp³-hybridized carbons (Fsp3) is 0.364. The molecule has 0 amide bonds. The zero-order valence-electron chi connectivity index (χ0n) is 10.00. The highest BCUT2D eigenvalue weighted by Crippen LogP contribution is 2.41. The number of hydrogen-bond acceptors (Lipinski definition) is 5. The van der Waals surface area contributed by atoms with Gasteiger partial charge in [-0.25, -0.2) is 9.18 Å². The molecule has 94 valence electrons. The van der Waals surface area contributed by atoms with Gasteiger partial charge in [-0.2, -0.15) is 0 Å². The van der Waals surface area contributed by atoms with Gasteiger partial charge in [0.2, 0.25) is 11.5 Å². The van der Waals surface area contributed by atoms with E-state index < -0.39 is 11.8 Å². The van der Waals surface area contributed by atoms with E-state index in [-0.39, 0.29) is 22.8 Å². The normalized spacial score (nSPS) is 9.71. The van der Waals surface area contributed by atoms with Gasteiger partial charge in [0.15, 0.2) is 11.6 Å². The van der Waals surface area contributed by atoms with Gasteiger partial charge in [-0.05, 0) is 0 Å². The Bertz CT molecular complexity index is 430. The zero-order chi connectivity index (χ0) is 13.0. The first-order valence-corrected chi connectivity index (χ1v) is 4.67. The van der Waals surface area contributed by atoms with Crippen LogP contribution in [0.5, 0.6) is 17.2 Å². The molecular weight excluding hydrogens is 231 g/mol. The summed E-state index contributed by atoms with van der Waals surface area (Å²) < 4.78 is 33.2. The van der Waals surface area contributed by atoms with E-state index in [2.05, 4.69) is 4.74 Å². The van der Waals surface area contributed by atoms with Crippen molar-refractivity contribution < 1.29 is 28.1 Å². The summed E-state index contributed by atoms with van der Waals surface area (Å²) in [5.41, 5.74) is -0.276. The molecule has 0 aliphatic heterocycles. The molecule has 6 heteroatoms. The monoisotopic (exact) mass is 244 g/mol. The quantitative estimate of drug-likeness (QED) is 0.753. The standard InChI is InChI=1S/C11H13FO5/c1-14-7-5-6(11(13)17-4)8(12)10(16-3)9(7)15-2/h5H,1-4H3. The molecule has 0 spiro atoms. The van der Waals surface area contributed by atoms with Crippen LogP contribution in [-0.4, -0.2) is 34.4 Å². The van der Waals surface area contributed by atoms with E-state index in [1.807, 2.05) is 0 Å². The number of carbonyl (C=O) groups excluding carboxylic acids is 1. The minimum absolute atomic E-state index is 0.0835. The highest BCUT2D eigenvalue weighted by atomic mass is 19.1. The molecular formula is C11H13FO5. The molecule has 0 bridgehead atoms. The number of esters is 1. The van der Waals surface area contributed by atoms with E-state index >= 15 is 0 Å². The first kappa shape index (κ1) is 13.1. The molecule has 0 unspecified atom stereocenters. The van der Waals surface area contributed by atoms with Gasteiger partial charge in [0.25, 0.3) is 0 Å². The zero-order valence-corrected chi connectivity index (χ0v) is 10.00. The van der Waals surface area contributed by atoms with Crippen LogP contribution < -0.4 is 14.2 Å². The number of rotatable bonds is 4. The average molecular weight is 244 g/mol. The van der Waals surface area contributed by atoms with E-state index in [1.165, 1.54) is 27.4 Å². The summed E-state index contributed by atoms with van der Waals surface area (Å²) in [6, 6.07) is 1.20. The number of methoxy groups -OCH3 is 4. The van der Waals surface area contributed by atoms with Crippen LogP contribution in [0.4, 0.5) is 4.39 Å². The van der Waals surface area contributed by atoms with Crippen LogP contribution in [0.2, 0.25) is 0 Å². The van der Waals surface area contributed by atoms with Crippen LogP contribution in [-0.2, 0) is 4.74 Å². The van der Waals surface area contributed by atoms with Gasteiger partial charge < -0.3 is 18.9 Å². The molecule has 1 aromatic rings. The topological polar surface area (TPSA) is 54.0 Å². The number of benzene rings is 1. The van der Waals surface area contributed by atoms with Gasteiger partial charge in [-0.1, -0.05) is 0 Å². The first-order chi connectivity index (χ1) is 8.10. The fourth-order valence-electron chi connectivity index (χ4n) is 1.38. The third kappa shape index (κ3) is 2.25. The Morgan fingerprint density at radius 3 is 2.06 bits per heavy atom. The molecule has 17 heavy (non-hydrogen) atoms. The van der Waals surface area contributed by atoms with Crippen molar-refractivity contribution in [1.29, 1.82) is 0 Å². The van der Waals surface area contributed by atoms with E-state index in [4.69, 9.17) is 14.2 Å². The second-order valence-corrected chi connectivity index (χ2v) is 3.00. The summed E-state index contributed by atoms with van der Waals surface area (Å²) in [7, 11) is 5.14. The molecule has 0 radical (unpaired) electrons. The molecule has 0 atom stereocenters. The van der Waals surface area contributed by atoms with Gasteiger partial charge in [0.1, 0.15) is 5.56 Å². The Kier molecular flexibility index (Phi) is 4.14. The van der Waals surface area contributed by atoms with Crippen molar-refractivity contribution in [3.63, 3.8) is 0 Å². The molecule has 0 aliphatic carbocycles. The van der Waals surface area contributed by atoms with Crippen molar-refractivity contribution in [1.82, 2.24) is 0 Å². The molecule has 1 rings (SSSR count). The molecule has 1 aromatic carbocycles. The molecule has 0 N–H and O–H groups in total. The van der Waals surface area contributed by atoms with E-state index in [0.717, 1.165) is 7.11 Å². The lowest BCUT2D eigenvalue weighted by atomic mass is 10.1. The Balaban J connectivity index is 3.50. The van der Waals surface area contributed by atoms with Gasteiger partial charge in [-0.15, -0.1) is 0 Å². The van der Waals surface area contributed by atoms with Crippen molar-refractivity contribution in [2.45, 2.75) is 0 Å². The molecule has 5 nitrogen and oxygen atoms in total. The van der Waals surface area contributed by atoms with E-state index in [9.17, 15) is 9.18 Å². The number of hydrogen-bond donors (Lipinski definition) is 0. The maximum absolute atomic E-state index is 13.9. The summed E-state index contributed by atoms with van der Waals surface area (Å²) in [5.74, 6) is -1.60. The maximum Gasteiger partial charge on any atom is 0.341 e. The van der Waals surface area contributed by atoms with Crippen molar-refractivity contribution >= 4 is 5.97 Å². The van der Waals surface area contributed by atoms with Gasteiger partial charge in [-0.3, -0.25) is 0 Å². The van der Waals surface area contributed by atoms with Crippen molar-refractivity contribution in [2.75, 3.05) is 28.4 Å². The first-order valence-electron chi connectivity index (χ1n) is 4.67. The van der Waals surface area contributed by atoms with Gasteiger partial charge in [0, 0.05) is 6.07 Å². The average Bonchev–Trinajstić information content (AvgIpc) is 2.36. The SMILES string of the molecule is COC(=O)c1cc(OC)c(OC)c(OC)c1F. The lowest BCUT2D eigenvalue weighted by Crippen LogP contribution is -2.08. The number of ether oxygens (including phenoxy) is 4. The Hall–Kier alpha value is -1.98. The van der Waals surface area contributed by atoms with Crippen LogP contribution in [0.15, 0.2) is 6.07 Å². The smallest absolute Gasteiger partial charge is 0.341 e. The molecule has 0 saturated carbocycles. The third-order valence-corrected chi connectivity index (χ3v) is 2.17. The molecule has 0 aromatic heterocycles. The van der Waals surface area contributed by atoms with Crippen LogP contribution >= 0.6 is 0 Å². The predicted molar refractivity (Wildman–Crippen MR) is 57.4 cm³/mol. The second kappa shape index (κ2) is 5.38.